The first kappa shape index (κ1) is 27.3. The van der Waals surface area contributed by atoms with Crippen LogP contribution in [0, 0.1) is 17.6 Å². The molecule has 194 valence electrons. The molecule has 37 heavy (non-hydrogen) atoms. The normalized spacial score (nSPS) is 18.0. The standard InChI is InChI=1S/C24H15Cl4F4N3O2/c25-13-3-1-9(7-11(13)21(31)32)17-18(24(17,27)28)23(37)34-10-2-4-14(26)12(8-10)22(36)35-16-6-5-15(29)20(33)19(16)30/h1-8,17-18,21H,33H2,(H,34,37)(H,35,36)/t17-,18+/m0/s1. The van der Waals surface area contributed by atoms with Crippen LogP contribution in [0.2, 0.25) is 10.0 Å². The van der Waals surface area contributed by atoms with E-state index >= 15 is 0 Å². The molecule has 2 atom stereocenters. The molecular formula is C24H15Cl4F4N3O2. The number of halogens is 8. The first-order valence-corrected chi connectivity index (χ1v) is 11.9. The van der Waals surface area contributed by atoms with Crippen LogP contribution in [0.5, 0.6) is 0 Å². The zero-order valence-corrected chi connectivity index (χ0v) is 21.3. The van der Waals surface area contributed by atoms with Gasteiger partial charge in [-0.15, -0.1) is 23.2 Å². The molecule has 0 radical (unpaired) electrons. The minimum Gasteiger partial charge on any atom is -0.394 e. The van der Waals surface area contributed by atoms with Crippen molar-refractivity contribution in [3.63, 3.8) is 0 Å². The first-order chi connectivity index (χ1) is 17.3. The smallest absolute Gasteiger partial charge is 0.265 e. The maximum atomic E-state index is 14.2. The number of carbonyl (C=O) groups is 2. The molecule has 13 heteroatoms. The van der Waals surface area contributed by atoms with E-state index in [4.69, 9.17) is 52.1 Å². The van der Waals surface area contributed by atoms with Crippen molar-refractivity contribution in [1.82, 2.24) is 0 Å². The Bertz CT molecular complexity index is 1420. The average molecular weight is 595 g/mol. The Balaban J connectivity index is 1.52. The molecule has 4 N–H and O–H groups in total. The third-order valence-corrected chi connectivity index (χ3v) is 7.42. The number of anilines is 3. The number of hydrogen-bond donors (Lipinski definition) is 3. The van der Waals surface area contributed by atoms with Gasteiger partial charge < -0.3 is 16.4 Å². The summed E-state index contributed by atoms with van der Waals surface area (Å²) in [5, 5.41) is 4.64. The van der Waals surface area contributed by atoms with Crippen LogP contribution >= 0.6 is 46.4 Å². The lowest BCUT2D eigenvalue weighted by molar-refractivity contribution is -0.117. The highest BCUT2D eigenvalue weighted by Crippen LogP contribution is 2.65. The zero-order valence-electron chi connectivity index (χ0n) is 18.3. The quantitative estimate of drug-likeness (QED) is 0.156. The highest BCUT2D eigenvalue weighted by atomic mass is 35.5. The van der Waals surface area contributed by atoms with Crippen LogP contribution in [0.25, 0.3) is 0 Å². The Labute approximate surface area is 227 Å². The maximum absolute atomic E-state index is 14.2. The molecule has 5 nitrogen and oxygen atoms in total. The van der Waals surface area contributed by atoms with E-state index < -0.39 is 57.3 Å². The Morgan fingerprint density at radius 1 is 0.946 bits per heavy atom. The molecule has 2 amide bonds. The van der Waals surface area contributed by atoms with Crippen molar-refractivity contribution in [3.05, 3.63) is 86.9 Å². The van der Waals surface area contributed by atoms with Crippen molar-refractivity contribution >= 4 is 75.3 Å². The van der Waals surface area contributed by atoms with Crippen LogP contribution < -0.4 is 16.4 Å². The summed E-state index contributed by atoms with van der Waals surface area (Å²) in [6.45, 7) is 0. The molecule has 0 aromatic heterocycles. The van der Waals surface area contributed by atoms with Gasteiger partial charge in [0.2, 0.25) is 5.91 Å². The lowest BCUT2D eigenvalue weighted by Gasteiger charge is -2.11. The topological polar surface area (TPSA) is 84.2 Å². The number of carbonyl (C=O) groups excluding carboxylic acids is 2. The van der Waals surface area contributed by atoms with E-state index in [0.29, 0.717) is 5.56 Å². The van der Waals surface area contributed by atoms with E-state index in [9.17, 15) is 27.2 Å². The fraction of sp³-hybridized carbons (Fsp3) is 0.167. The molecule has 1 aliphatic carbocycles. The highest BCUT2D eigenvalue weighted by Gasteiger charge is 2.67. The predicted molar refractivity (Wildman–Crippen MR) is 136 cm³/mol. The van der Waals surface area contributed by atoms with Crippen molar-refractivity contribution in [3.8, 4) is 0 Å². The molecule has 3 aromatic carbocycles. The zero-order chi connectivity index (χ0) is 27.2. The van der Waals surface area contributed by atoms with Crippen LogP contribution in [0.4, 0.5) is 34.6 Å². The van der Waals surface area contributed by atoms with Crippen LogP contribution in [0.1, 0.15) is 33.8 Å². The number of nitrogen functional groups attached to an aromatic ring is 1. The number of benzene rings is 3. The second kappa shape index (κ2) is 10.2. The Morgan fingerprint density at radius 2 is 1.62 bits per heavy atom. The van der Waals surface area contributed by atoms with Crippen LogP contribution in [-0.2, 0) is 4.79 Å². The first-order valence-electron chi connectivity index (χ1n) is 10.4. The van der Waals surface area contributed by atoms with Crippen molar-refractivity contribution in [2.24, 2.45) is 5.92 Å². The molecule has 0 unspecified atom stereocenters. The minimum atomic E-state index is -2.84. The number of amides is 2. The Hall–Kier alpha value is -2.72. The van der Waals surface area contributed by atoms with Gasteiger partial charge in [0.15, 0.2) is 5.82 Å². The van der Waals surface area contributed by atoms with E-state index in [1.165, 1.54) is 30.3 Å². The third-order valence-electron chi connectivity index (χ3n) is 5.80. The summed E-state index contributed by atoms with van der Waals surface area (Å²) in [6, 6.07) is 9.68. The summed E-state index contributed by atoms with van der Waals surface area (Å²) in [5.74, 6) is -5.46. The van der Waals surface area contributed by atoms with E-state index in [1.807, 2.05) is 0 Å². The van der Waals surface area contributed by atoms with E-state index in [0.717, 1.165) is 18.2 Å². The summed E-state index contributed by atoms with van der Waals surface area (Å²) in [6.07, 6.45) is -2.84. The minimum absolute atomic E-state index is 0.0278. The van der Waals surface area contributed by atoms with Gasteiger partial charge >= 0.3 is 0 Å². The SMILES string of the molecule is Nc1c(F)ccc(NC(=O)c2cc(NC(=O)[C@H]3[C@H](c4ccc(Cl)c(C(F)F)c4)C3(Cl)Cl)ccc2Cl)c1F. The largest absolute Gasteiger partial charge is 0.394 e. The van der Waals surface area contributed by atoms with Crippen molar-refractivity contribution in [1.29, 1.82) is 0 Å². The number of rotatable bonds is 6. The summed E-state index contributed by atoms with van der Waals surface area (Å²) in [7, 11) is 0. The van der Waals surface area contributed by atoms with E-state index in [1.54, 1.807) is 0 Å². The molecule has 1 fully saturated rings. The van der Waals surface area contributed by atoms with Crippen molar-refractivity contribution in [2.45, 2.75) is 16.7 Å². The van der Waals surface area contributed by atoms with E-state index in [-0.39, 0.29) is 27.0 Å². The predicted octanol–water partition coefficient (Wildman–Crippen LogP) is 7.57. The Morgan fingerprint density at radius 3 is 2.30 bits per heavy atom. The molecule has 0 heterocycles. The van der Waals surface area contributed by atoms with Crippen LogP contribution in [0.3, 0.4) is 0 Å². The van der Waals surface area contributed by atoms with Gasteiger partial charge in [-0.25, -0.2) is 17.6 Å². The molecule has 0 aliphatic heterocycles. The molecule has 1 saturated carbocycles. The molecule has 1 aliphatic rings. The van der Waals surface area contributed by atoms with Gasteiger partial charge in [-0.1, -0.05) is 29.3 Å². The number of nitrogens with two attached hydrogens (primary N) is 1. The van der Waals surface area contributed by atoms with Gasteiger partial charge in [-0.3, -0.25) is 9.59 Å². The lowest BCUT2D eigenvalue weighted by atomic mass is 10.1. The molecule has 4 rings (SSSR count). The Kier molecular flexibility index (Phi) is 7.54. The average Bonchev–Trinajstić information content (AvgIpc) is 3.42. The number of hydrogen-bond acceptors (Lipinski definition) is 3. The van der Waals surface area contributed by atoms with E-state index in [2.05, 4.69) is 10.6 Å². The van der Waals surface area contributed by atoms with Gasteiger partial charge in [-0.05, 0) is 48.0 Å². The van der Waals surface area contributed by atoms with Crippen molar-refractivity contribution < 1.29 is 27.2 Å². The van der Waals surface area contributed by atoms with Gasteiger partial charge in [0.05, 0.1) is 22.2 Å². The summed E-state index contributed by atoms with van der Waals surface area (Å²) < 4.78 is 52.5. The number of nitrogens with one attached hydrogen (secondary N) is 2. The molecular weight excluding hydrogens is 580 g/mol. The summed E-state index contributed by atoms with van der Waals surface area (Å²) in [4.78, 5) is 25.6. The van der Waals surface area contributed by atoms with Gasteiger partial charge in [0.25, 0.3) is 12.3 Å². The third kappa shape index (κ3) is 5.31. The van der Waals surface area contributed by atoms with Crippen molar-refractivity contribution in [2.75, 3.05) is 16.4 Å². The van der Waals surface area contributed by atoms with Crippen LogP contribution in [0.15, 0.2) is 48.5 Å². The van der Waals surface area contributed by atoms with Gasteiger partial charge in [-0.2, -0.15) is 0 Å². The molecule has 0 bridgehead atoms. The molecule has 3 aromatic rings. The summed E-state index contributed by atoms with van der Waals surface area (Å²) >= 11 is 24.5. The monoisotopic (exact) mass is 593 g/mol. The second-order valence-corrected chi connectivity index (χ2v) is 10.4. The van der Waals surface area contributed by atoms with Crippen LogP contribution in [-0.4, -0.2) is 16.1 Å². The lowest BCUT2D eigenvalue weighted by Crippen LogP contribution is -2.18. The fourth-order valence-electron chi connectivity index (χ4n) is 3.84. The number of alkyl halides is 4. The molecule has 0 saturated heterocycles. The summed E-state index contributed by atoms with van der Waals surface area (Å²) in [5.41, 5.74) is 4.03. The fourth-order valence-corrected chi connectivity index (χ4v) is 5.07. The molecule has 0 spiro atoms. The maximum Gasteiger partial charge on any atom is 0.265 e. The van der Waals surface area contributed by atoms with Gasteiger partial charge in [0, 0.05) is 22.2 Å². The second-order valence-electron chi connectivity index (χ2n) is 8.17. The van der Waals surface area contributed by atoms with Gasteiger partial charge in [0.1, 0.15) is 15.8 Å². The highest BCUT2D eigenvalue weighted by molar-refractivity contribution is 6.53.